The Bertz CT molecular complexity index is 941. The van der Waals surface area contributed by atoms with E-state index in [9.17, 15) is 5.11 Å². The predicted octanol–water partition coefficient (Wildman–Crippen LogP) is 3.65. The topological polar surface area (TPSA) is 56.0 Å². The second-order valence-electron chi connectivity index (χ2n) is 6.45. The van der Waals surface area contributed by atoms with Crippen molar-refractivity contribution < 1.29 is 14.6 Å². The quantitative estimate of drug-likeness (QED) is 0.759. The Kier molecular flexibility index (Phi) is 3.76. The summed E-state index contributed by atoms with van der Waals surface area (Å²) in [5.41, 5.74) is 2.04. The molecule has 6 heteroatoms. The number of halogens is 1. The minimum absolute atomic E-state index is 0.544. The molecule has 3 heterocycles. The normalized spacial score (nSPS) is 25.6. The van der Waals surface area contributed by atoms with Crippen LogP contribution in [-0.4, -0.2) is 27.7 Å². The van der Waals surface area contributed by atoms with Gasteiger partial charge in [0.25, 0.3) is 0 Å². The number of nitrogens with zero attached hydrogens (tertiary/aromatic N) is 2. The van der Waals surface area contributed by atoms with E-state index < -0.39 is 17.8 Å². The first kappa shape index (κ1) is 16.4. The average Bonchev–Trinajstić information content (AvgIpc) is 2.93. The van der Waals surface area contributed by atoms with Crippen molar-refractivity contribution in [2.75, 3.05) is 7.11 Å². The molecule has 0 amide bonds. The monoisotopic (exact) mass is 358 g/mol. The molecular formula is C19H19ClN2O3. The standard InChI is InChI=1S/C19H19ClN2O3/c1-11-17(20)22-10-9-13-15(18(22)21-11)25-14(12-7-5-4-6-8-12)16(23)19(13,2)24-3/h4-10,14,16,23H,1-3H3/t14-,16?,19?/m1/s1. The van der Waals surface area contributed by atoms with Crippen LogP contribution in [0.5, 0.6) is 5.75 Å². The maximum atomic E-state index is 11.0. The molecule has 130 valence electrons. The molecule has 4 rings (SSSR count). The lowest BCUT2D eigenvalue weighted by atomic mass is 9.82. The first-order valence-electron chi connectivity index (χ1n) is 8.10. The number of imidazole rings is 1. The number of hydrogen-bond donors (Lipinski definition) is 1. The molecule has 3 aromatic rings. The van der Waals surface area contributed by atoms with Gasteiger partial charge in [-0.3, -0.25) is 4.40 Å². The number of methoxy groups -OCH3 is 1. The maximum absolute atomic E-state index is 11.0. The number of ether oxygens (including phenoxy) is 2. The molecule has 0 bridgehead atoms. The van der Waals surface area contributed by atoms with Gasteiger partial charge < -0.3 is 14.6 Å². The van der Waals surface area contributed by atoms with Crippen molar-refractivity contribution in [3.63, 3.8) is 0 Å². The molecule has 2 aromatic heterocycles. The fourth-order valence-corrected chi connectivity index (χ4v) is 3.62. The fraction of sp³-hybridized carbons (Fsp3) is 0.316. The largest absolute Gasteiger partial charge is 0.479 e. The highest BCUT2D eigenvalue weighted by atomic mass is 35.5. The summed E-state index contributed by atoms with van der Waals surface area (Å²) in [6.45, 7) is 3.71. The van der Waals surface area contributed by atoms with Crippen molar-refractivity contribution in [2.45, 2.75) is 31.7 Å². The second kappa shape index (κ2) is 5.73. The van der Waals surface area contributed by atoms with Crippen molar-refractivity contribution in [3.8, 4) is 5.75 Å². The van der Waals surface area contributed by atoms with Crippen LogP contribution in [0.3, 0.4) is 0 Å². The van der Waals surface area contributed by atoms with Gasteiger partial charge in [-0.2, -0.15) is 0 Å². The van der Waals surface area contributed by atoms with E-state index in [1.165, 1.54) is 0 Å². The molecule has 0 saturated heterocycles. The van der Waals surface area contributed by atoms with E-state index in [0.29, 0.717) is 16.5 Å². The fourth-order valence-electron chi connectivity index (χ4n) is 3.44. The van der Waals surface area contributed by atoms with E-state index in [-0.39, 0.29) is 0 Å². The third kappa shape index (κ3) is 2.27. The summed E-state index contributed by atoms with van der Waals surface area (Å²) >= 11 is 6.34. The van der Waals surface area contributed by atoms with Gasteiger partial charge in [0.05, 0.1) is 5.69 Å². The number of rotatable bonds is 2. The molecule has 0 fully saturated rings. The van der Waals surface area contributed by atoms with E-state index in [1.54, 1.807) is 11.5 Å². The van der Waals surface area contributed by atoms with Crippen LogP contribution in [0.15, 0.2) is 42.6 Å². The minimum atomic E-state index is -0.928. The van der Waals surface area contributed by atoms with Crippen LogP contribution >= 0.6 is 11.6 Å². The third-order valence-corrected chi connectivity index (χ3v) is 5.49. The smallest absolute Gasteiger partial charge is 0.181 e. The van der Waals surface area contributed by atoms with Crippen LogP contribution in [0.4, 0.5) is 0 Å². The van der Waals surface area contributed by atoms with Gasteiger partial charge in [0.1, 0.15) is 16.9 Å². The van der Waals surface area contributed by atoms with Crippen LogP contribution < -0.4 is 4.74 Å². The van der Waals surface area contributed by atoms with E-state index >= 15 is 0 Å². The Morgan fingerprint density at radius 2 is 2.00 bits per heavy atom. The molecule has 5 nitrogen and oxygen atoms in total. The predicted molar refractivity (Wildman–Crippen MR) is 95.1 cm³/mol. The first-order chi connectivity index (χ1) is 12.0. The Balaban J connectivity index is 1.97. The van der Waals surface area contributed by atoms with Gasteiger partial charge >= 0.3 is 0 Å². The lowest BCUT2D eigenvalue weighted by molar-refractivity contribution is -0.150. The van der Waals surface area contributed by atoms with Crippen LogP contribution in [0.1, 0.15) is 29.8 Å². The molecule has 0 aliphatic carbocycles. The lowest BCUT2D eigenvalue weighted by Crippen LogP contribution is -2.47. The molecule has 0 radical (unpaired) electrons. The molecule has 25 heavy (non-hydrogen) atoms. The highest BCUT2D eigenvalue weighted by Gasteiger charge is 2.48. The molecule has 3 atom stereocenters. The number of aliphatic hydroxyl groups is 1. The summed E-state index contributed by atoms with van der Waals surface area (Å²) in [5, 5.41) is 11.6. The zero-order chi connectivity index (χ0) is 17.8. The van der Waals surface area contributed by atoms with Gasteiger partial charge in [-0.25, -0.2) is 4.98 Å². The van der Waals surface area contributed by atoms with Gasteiger partial charge in [0.2, 0.25) is 0 Å². The van der Waals surface area contributed by atoms with E-state index in [4.69, 9.17) is 21.1 Å². The summed E-state index contributed by atoms with van der Waals surface area (Å²) in [5.74, 6) is 0.584. The average molecular weight is 359 g/mol. The first-order valence-corrected chi connectivity index (χ1v) is 8.47. The second-order valence-corrected chi connectivity index (χ2v) is 6.80. The van der Waals surface area contributed by atoms with Crippen molar-refractivity contribution >= 4 is 17.2 Å². The van der Waals surface area contributed by atoms with Crippen LogP contribution in [-0.2, 0) is 10.3 Å². The molecule has 1 aliphatic heterocycles. The molecule has 0 saturated carbocycles. The molecule has 0 spiro atoms. The van der Waals surface area contributed by atoms with Crippen LogP contribution in [0.25, 0.3) is 5.65 Å². The molecule has 1 N–H and O–H groups in total. The number of hydrogen-bond acceptors (Lipinski definition) is 4. The Labute approximate surface area is 150 Å². The number of benzene rings is 1. The van der Waals surface area contributed by atoms with Gasteiger partial charge in [0.15, 0.2) is 17.5 Å². The molecule has 2 unspecified atom stereocenters. The van der Waals surface area contributed by atoms with E-state index in [0.717, 1.165) is 16.8 Å². The molecule has 1 aliphatic rings. The van der Waals surface area contributed by atoms with Gasteiger partial charge in [0, 0.05) is 18.9 Å². The van der Waals surface area contributed by atoms with Crippen molar-refractivity contribution in [1.82, 2.24) is 9.38 Å². The SMILES string of the molecule is COC1(C)c2ccn3c(Cl)c(C)nc3c2O[C@H](c2ccccc2)C1O. The molecular weight excluding hydrogens is 340 g/mol. The number of aryl methyl sites for hydroxylation is 1. The lowest BCUT2D eigenvalue weighted by Gasteiger charge is -2.43. The van der Waals surface area contributed by atoms with E-state index in [1.807, 2.05) is 56.4 Å². The van der Waals surface area contributed by atoms with Gasteiger partial charge in [-0.1, -0.05) is 41.9 Å². The van der Waals surface area contributed by atoms with Crippen LogP contribution in [0, 0.1) is 6.92 Å². The number of aromatic nitrogens is 2. The highest BCUT2D eigenvalue weighted by Crippen LogP contribution is 2.48. The minimum Gasteiger partial charge on any atom is -0.479 e. The van der Waals surface area contributed by atoms with Crippen molar-refractivity contribution in [2.24, 2.45) is 0 Å². The Morgan fingerprint density at radius 3 is 2.68 bits per heavy atom. The Hall–Kier alpha value is -2.08. The maximum Gasteiger partial charge on any atom is 0.181 e. The highest BCUT2D eigenvalue weighted by molar-refractivity contribution is 6.30. The van der Waals surface area contributed by atoms with Gasteiger partial charge in [-0.15, -0.1) is 0 Å². The summed E-state index contributed by atoms with van der Waals surface area (Å²) in [6.07, 6.45) is 0.384. The van der Waals surface area contributed by atoms with Gasteiger partial charge in [-0.05, 0) is 25.5 Å². The number of aliphatic hydroxyl groups excluding tert-OH is 1. The Morgan fingerprint density at radius 1 is 1.28 bits per heavy atom. The zero-order valence-electron chi connectivity index (χ0n) is 14.2. The van der Waals surface area contributed by atoms with E-state index in [2.05, 4.69) is 4.98 Å². The summed E-state index contributed by atoms with van der Waals surface area (Å²) in [4.78, 5) is 4.55. The summed E-state index contributed by atoms with van der Waals surface area (Å²) < 4.78 is 13.8. The van der Waals surface area contributed by atoms with Crippen molar-refractivity contribution in [3.05, 3.63) is 64.6 Å². The number of fused-ring (bicyclic) bond motifs is 3. The molecule has 1 aromatic carbocycles. The summed E-state index contributed by atoms with van der Waals surface area (Å²) in [6, 6.07) is 11.5. The number of pyridine rings is 1. The zero-order valence-corrected chi connectivity index (χ0v) is 15.0. The van der Waals surface area contributed by atoms with Crippen molar-refractivity contribution in [1.29, 1.82) is 0 Å². The third-order valence-electron chi connectivity index (χ3n) is 5.03. The summed E-state index contributed by atoms with van der Waals surface area (Å²) in [7, 11) is 1.59. The van der Waals surface area contributed by atoms with Crippen LogP contribution in [0.2, 0.25) is 5.15 Å².